The van der Waals surface area contributed by atoms with Gasteiger partial charge in [0, 0.05) is 17.6 Å². The first-order valence-corrected chi connectivity index (χ1v) is 7.75. The number of carbonyl (C=O) groups is 1. The van der Waals surface area contributed by atoms with Crippen LogP contribution in [-0.4, -0.2) is 12.5 Å². The van der Waals surface area contributed by atoms with E-state index in [0.717, 1.165) is 18.5 Å². The van der Waals surface area contributed by atoms with E-state index in [2.05, 4.69) is 19.2 Å². The maximum absolute atomic E-state index is 11.8. The molecule has 0 aliphatic carbocycles. The van der Waals surface area contributed by atoms with Gasteiger partial charge in [-0.3, -0.25) is 4.79 Å². The molecule has 0 aliphatic heterocycles. The van der Waals surface area contributed by atoms with E-state index in [1.54, 1.807) is 12.2 Å². The summed E-state index contributed by atoms with van der Waals surface area (Å²) in [6.07, 6.45) is 8.02. The van der Waals surface area contributed by atoms with Gasteiger partial charge in [-0.2, -0.15) is 0 Å². The molecule has 1 atom stereocenters. The molecule has 0 bridgehead atoms. The van der Waals surface area contributed by atoms with Crippen molar-refractivity contribution >= 4 is 23.6 Å². The monoisotopic (exact) mass is 293 g/mol. The Kier molecular flexibility index (Phi) is 8.05. The van der Waals surface area contributed by atoms with Crippen molar-refractivity contribution in [1.29, 1.82) is 0 Å². The van der Waals surface area contributed by atoms with Gasteiger partial charge in [-0.15, -0.1) is 0 Å². The Hall–Kier alpha value is -1.28. The van der Waals surface area contributed by atoms with Gasteiger partial charge >= 0.3 is 0 Å². The molecule has 1 aromatic rings. The van der Waals surface area contributed by atoms with E-state index >= 15 is 0 Å². The quantitative estimate of drug-likeness (QED) is 0.692. The predicted octanol–water partition coefficient (Wildman–Crippen LogP) is 4.69. The van der Waals surface area contributed by atoms with Crippen LogP contribution in [0.1, 0.15) is 45.1 Å². The van der Waals surface area contributed by atoms with Crippen molar-refractivity contribution in [2.24, 2.45) is 5.92 Å². The average molecular weight is 294 g/mol. The second kappa shape index (κ2) is 9.60. The fraction of sp³-hybridized carbons (Fsp3) is 0.471. The maximum Gasteiger partial charge on any atom is 0.244 e. The van der Waals surface area contributed by atoms with Crippen LogP contribution in [-0.2, 0) is 4.79 Å². The standard InChI is InChI=1S/C17H24ClNO/c1-3-5-8-14(4-2)13-19-17(20)12-11-15-9-6-7-10-16(15)18/h6-7,9-12,14H,3-5,8,13H2,1-2H3,(H,19,20)/b12-11+. The van der Waals surface area contributed by atoms with Gasteiger partial charge in [0.15, 0.2) is 0 Å². The van der Waals surface area contributed by atoms with Crippen LogP contribution in [0.15, 0.2) is 30.3 Å². The van der Waals surface area contributed by atoms with Crippen LogP contribution in [0, 0.1) is 5.92 Å². The van der Waals surface area contributed by atoms with Crippen LogP contribution in [0.2, 0.25) is 5.02 Å². The Labute approximate surface area is 127 Å². The van der Waals surface area contributed by atoms with Crippen molar-refractivity contribution in [2.75, 3.05) is 6.54 Å². The number of amides is 1. The minimum absolute atomic E-state index is 0.0557. The molecule has 0 fully saturated rings. The highest BCUT2D eigenvalue weighted by molar-refractivity contribution is 6.32. The third-order valence-electron chi connectivity index (χ3n) is 3.43. The molecule has 0 saturated carbocycles. The van der Waals surface area contributed by atoms with E-state index in [0.29, 0.717) is 10.9 Å². The number of halogens is 1. The zero-order valence-electron chi connectivity index (χ0n) is 12.4. The molecule has 1 N–H and O–H groups in total. The summed E-state index contributed by atoms with van der Waals surface area (Å²) in [5, 5.41) is 3.62. The third-order valence-corrected chi connectivity index (χ3v) is 3.77. The van der Waals surface area contributed by atoms with Gasteiger partial charge < -0.3 is 5.32 Å². The summed E-state index contributed by atoms with van der Waals surface area (Å²) in [7, 11) is 0. The van der Waals surface area contributed by atoms with E-state index in [1.807, 2.05) is 24.3 Å². The molecule has 20 heavy (non-hydrogen) atoms. The Morgan fingerprint density at radius 2 is 2.10 bits per heavy atom. The molecular weight excluding hydrogens is 270 g/mol. The third kappa shape index (κ3) is 6.25. The Balaban J connectivity index is 2.41. The van der Waals surface area contributed by atoms with Crippen molar-refractivity contribution < 1.29 is 4.79 Å². The average Bonchev–Trinajstić information content (AvgIpc) is 2.46. The minimum Gasteiger partial charge on any atom is -0.352 e. The van der Waals surface area contributed by atoms with Gasteiger partial charge in [-0.05, 0) is 30.0 Å². The molecule has 1 unspecified atom stereocenters. The van der Waals surface area contributed by atoms with Crippen molar-refractivity contribution in [3.8, 4) is 0 Å². The molecule has 0 spiro atoms. The zero-order valence-corrected chi connectivity index (χ0v) is 13.1. The second-order valence-corrected chi connectivity index (χ2v) is 5.42. The molecule has 0 aromatic heterocycles. The van der Waals surface area contributed by atoms with E-state index in [1.165, 1.54) is 19.3 Å². The molecule has 0 heterocycles. The lowest BCUT2D eigenvalue weighted by Gasteiger charge is -2.14. The second-order valence-electron chi connectivity index (χ2n) is 5.02. The van der Waals surface area contributed by atoms with Gasteiger partial charge in [0.05, 0.1) is 0 Å². The van der Waals surface area contributed by atoms with Gasteiger partial charge in [-0.1, -0.05) is 62.9 Å². The molecule has 110 valence electrons. The molecule has 1 amide bonds. The lowest BCUT2D eigenvalue weighted by atomic mass is 9.99. The normalized spacial score (nSPS) is 12.6. The highest BCUT2D eigenvalue weighted by atomic mass is 35.5. The topological polar surface area (TPSA) is 29.1 Å². The number of unbranched alkanes of at least 4 members (excludes halogenated alkanes) is 1. The summed E-state index contributed by atoms with van der Waals surface area (Å²) >= 11 is 6.03. The van der Waals surface area contributed by atoms with Crippen LogP contribution >= 0.6 is 11.6 Å². The van der Waals surface area contributed by atoms with E-state index in [9.17, 15) is 4.79 Å². The molecule has 1 aromatic carbocycles. The largest absolute Gasteiger partial charge is 0.352 e. The SMILES string of the molecule is CCCCC(CC)CNC(=O)/C=C/c1ccccc1Cl. The van der Waals surface area contributed by atoms with Crippen molar-refractivity contribution in [3.05, 3.63) is 40.9 Å². The first kappa shape index (κ1) is 16.8. The molecule has 0 aliphatic rings. The van der Waals surface area contributed by atoms with Crippen LogP contribution in [0.4, 0.5) is 0 Å². The van der Waals surface area contributed by atoms with Gasteiger partial charge in [-0.25, -0.2) is 0 Å². The molecular formula is C17H24ClNO. The van der Waals surface area contributed by atoms with Gasteiger partial charge in [0.1, 0.15) is 0 Å². The highest BCUT2D eigenvalue weighted by Crippen LogP contribution is 2.16. The number of benzene rings is 1. The van der Waals surface area contributed by atoms with Crippen molar-refractivity contribution in [2.45, 2.75) is 39.5 Å². The lowest BCUT2D eigenvalue weighted by molar-refractivity contribution is -0.116. The fourth-order valence-electron chi connectivity index (χ4n) is 2.02. The summed E-state index contributed by atoms with van der Waals surface area (Å²) < 4.78 is 0. The van der Waals surface area contributed by atoms with E-state index in [-0.39, 0.29) is 5.91 Å². The molecule has 3 heteroatoms. The number of hydrogen-bond donors (Lipinski definition) is 1. The van der Waals surface area contributed by atoms with Crippen LogP contribution in [0.25, 0.3) is 6.08 Å². The van der Waals surface area contributed by atoms with Crippen molar-refractivity contribution in [1.82, 2.24) is 5.32 Å². The summed E-state index contributed by atoms with van der Waals surface area (Å²) in [5.41, 5.74) is 0.863. The van der Waals surface area contributed by atoms with E-state index < -0.39 is 0 Å². The molecule has 0 saturated heterocycles. The molecule has 0 radical (unpaired) electrons. The first-order valence-electron chi connectivity index (χ1n) is 7.37. The summed E-state index contributed by atoms with van der Waals surface area (Å²) in [6, 6.07) is 7.49. The summed E-state index contributed by atoms with van der Waals surface area (Å²) in [6.45, 7) is 5.12. The Morgan fingerprint density at radius 3 is 2.75 bits per heavy atom. The predicted molar refractivity (Wildman–Crippen MR) is 86.8 cm³/mol. The maximum atomic E-state index is 11.8. The fourth-order valence-corrected chi connectivity index (χ4v) is 2.22. The zero-order chi connectivity index (χ0) is 14.8. The Morgan fingerprint density at radius 1 is 1.35 bits per heavy atom. The van der Waals surface area contributed by atoms with Crippen LogP contribution < -0.4 is 5.32 Å². The van der Waals surface area contributed by atoms with Crippen LogP contribution in [0.5, 0.6) is 0 Å². The highest BCUT2D eigenvalue weighted by Gasteiger charge is 2.06. The Bertz CT molecular complexity index is 442. The molecule has 1 rings (SSSR count). The summed E-state index contributed by atoms with van der Waals surface area (Å²) in [5.74, 6) is 0.521. The van der Waals surface area contributed by atoms with Crippen molar-refractivity contribution in [3.63, 3.8) is 0 Å². The minimum atomic E-state index is -0.0557. The number of hydrogen-bond acceptors (Lipinski definition) is 1. The summed E-state index contributed by atoms with van der Waals surface area (Å²) in [4.78, 5) is 11.8. The van der Waals surface area contributed by atoms with Crippen LogP contribution in [0.3, 0.4) is 0 Å². The molecule has 2 nitrogen and oxygen atoms in total. The van der Waals surface area contributed by atoms with E-state index in [4.69, 9.17) is 11.6 Å². The van der Waals surface area contributed by atoms with Gasteiger partial charge in [0.2, 0.25) is 5.91 Å². The van der Waals surface area contributed by atoms with Gasteiger partial charge in [0.25, 0.3) is 0 Å². The number of nitrogens with one attached hydrogen (secondary N) is 1. The first-order chi connectivity index (χ1) is 9.67. The number of carbonyl (C=O) groups excluding carboxylic acids is 1. The smallest absolute Gasteiger partial charge is 0.244 e. The lowest BCUT2D eigenvalue weighted by Crippen LogP contribution is -2.27. The number of rotatable bonds is 8.